The van der Waals surface area contributed by atoms with Gasteiger partial charge in [-0.1, -0.05) is 64.7 Å². The number of nitrogens with zero attached hydrogens (tertiary/aromatic N) is 3. The van der Waals surface area contributed by atoms with Crippen molar-refractivity contribution in [2.45, 2.75) is 77.7 Å². The van der Waals surface area contributed by atoms with E-state index in [2.05, 4.69) is 32.2 Å². The van der Waals surface area contributed by atoms with Crippen LogP contribution in [-0.2, 0) is 6.54 Å². The minimum atomic E-state index is 0.746. The molecule has 0 aliphatic rings. The van der Waals surface area contributed by atoms with Gasteiger partial charge in [-0.25, -0.2) is 15.0 Å². The van der Waals surface area contributed by atoms with Gasteiger partial charge in [-0.2, -0.15) is 0 Å². The third-order valence-electron chi connectivity index (χ3n) is 4.21. The molecule has 0 aliphatic carbocycles. The molecule has 0 bridgehead atoms. The standard InChI is InChI=1S/C18H31N5/c1-2-3-4-5-6-7-8-9-10-11-12-19-14-17-22-16-13-20-15-21-18(16)23-17/h13,15,19H,2-12,14H2,1H3,(H,20,21,22,23). The summed E-state index contributed by atoms with van der Waals surface area (Å²) in [6, 6.07) is 0. The molecule has 0 aromatic carbocycles. The number of aromatic nitrogens is 4. The third-order valence-corrected chi connectivity index (χ3v) is 4.21. The summed E-state index contributed by atoms with van der Waals surface area (Å²) < 4.78 is 0. The van der Waals surface area contributed by atoms with E-state index < -0.39 is 0 Å². The van der Waals surface area contributed by atoms with Crippen LogP contribution in [0.4, 0.5) is 0 Å². The van der Waals surface area contributed by atoms with Crippen molar-refractivity contribution in [3.8, 4) is 0 Å². The molecule has 2 aromatic rings. The Bertz CT molecular complexity index is 504. The summed E-state index contributed by atoms with van der Waals surface area (Å²) in [6.07, 6.45) is 17.1. The van der Waals surface area contributed by atoms with Crippen LogP contribution in [0.3, 0.4) is 0 Å². The Balaban J connectivity index is 1.42. The molecule has 2 heterocycles. The second-order valence-corrected chi connectivity index (χ2v) is 6.30. The van der Waals surface area contributed by atoms with Crippen molar-refractivity contribution in [1.82, 2.24) is 25.3 Å². The largest absolute Gasteiger partial charge is 0.338 e. The number of nitrogens with one attached hydrogen (secondary N) is 2. The Morgan fingerprint density at radius 1 is 0.957 bits per heavy atom. The summed E-state index contributed by atoms with van der Waals surface area (Å²) in [5.41, 5.74) is 1.65. The van der Waals surface area contributed by atoms with E-state index in [-0.39, 0.29) is 0 Å². The minimum Gasteiger partial charge on any atom is -0.338 e. The number of fused-ring (bicyclic) bond motifs is 1. The fourth-order valence-corrected chi connectivity index (χ4v) is 2.84. The maximum Gasteiger partial charge on any atom is 0.180 e. The van der Waals surface area contributed by atoms with Crippen molar-refractivity contribution in [2.75, 3.05) is 6.54 Å². The first kappa shape index (κ1) is 17.9. The number of rotatable bonds is 13. The number of hydrogen-bond acceptors (Lipinski definition) is 4. The van der Waals surface area contributed by atoms with E-state index in [0.29, 0.717) is 0 Å². The minimum absolute atomic E-state index is 0.746. The maximum atomic E-state index is 4.43. The van der Waals surface area contributed by atoms with Gasteiger partial charge in [0, 0.05) is 0 Å². The fraction of sp³-hybridized carbons (Fsp3) is 0.722. The van der Waals surface area contributed by atoms with Crippen molar-refractivity contribution >= 4 is 11.2 Å². The normalized spacial score (nSPS) is 11.3. The highest BCUT2D eigenvalue weighted by Gasteiger charge is 2.02. The van der Waals surface area contributed by atoms with Gasteiger partial charge in [0.25, 0.3) is 0 Å². The Morgan fingerprint density at radius 2 is 1.65 bits per heavy atom. The number of imidazole rings is 1. The molecule has 0 radical (unpaired) electrons. The predicted octanol–water partition coefficient (Wildman–Crippen LogP) is 4.36. The highest BCUT2D eigenvalue weighted by Crippen LogP contribution is 2.10. The van der Waals surface area contributed by atoms with E-state index in [4.69, 9.17) is 0 Å². The van der Waals surface area contributed by atoms with Crippen molar-refractivity contribution in [3.05, 3.63) is 18.3 Å². The number of hydrogen-bond donors (Lipinski definition) is 2. The molecule has 0 spiro atoms. The van der Waals surface area contributed by atoms with Crippen LogP contribution in [0.25, 0.3) is 11.2 Å². The molecule has 0 saturated carbocycles. The second kappa shape index (κ2) is 11.1. The molecule has 0 saturated heterocycles. The van der Waals surface area contributed by atoms with Crippen molar-refractivity contribution < 1.29 is 0 Å². The van der Waals surface area contributed by atoms with Crippen LogP contribution < -0.4 is 5.32 Å². The molecular formula is C18H31N5. The van der Waals surface area contributed by atoms with Crippen LogP contribution in [0.15, 0.2) is 12.5 Å². The van der Waals surface area contributed by atoms with Gasteiger partial charge >= 0.3 is 0 Å². The molecule has 2 aromatic heterocycles. The van der Waals surface area contributed by atoms with Crippen molar-refractivity contribution in [1.29, 1.82) is 0 Å². The molecule has 0 aliphatic heterocycles. The zero-order chi connectivity index (χ0) is 16.2. The molecular weight excluding hydrogens is 286 g/mol. The Kier molecular flexibility index (Phi) is 8.62. The fourth-order valence-electron chi connectivity index (χ4n) is 2.84. The highest BCUT2D eigenvalue weighted by molar-refractivity contribution is 5.68. The lowest BCUT2D eigenvalue weighted by Gasteiger charge is -2.03. The van der Waals surface area contributed by atoms with Crippen LogP contribution in [-0.4, -0.2) is 26.5 Å². The predicted molar refractivity (Wildman–Crippen MR) is 95.2 cm³/mol. The van der Waals surface area contributed by atoms with Gasteiger partial charge in [0.1, 0.15) is 17.7 Å². The van der Waals surface area contributed by atoms with E-state index >= 15 is 0 Å². The van der Waals surface area contributed by atoms with Crippen molar-refractivity contribution in [2.24, 2.45) is 0 Å². The summed E-state index contributed by atoms with van der Waals surface area (Å²) in [5.74, 6) is 0.938. The number of aromatic amines is 1. The lowest BCUT2D eigenvalue weighted by Crippen LogP contribution is -2.15. The summed E-state index contributed by atoms with van der Waals surface area (Å²) >= 11 is 0. The maximum absolute atomic E-state index is 4.43. The summed E-state index contributed by atoms with van der Waals surface area (Å²) in [4.78, 5) is 15.8. The molecule has 0 unspecified atom stereocenters. The van der Waals surface area contributed by atoms with Crippen LogP contribution in [0, 0.1) is 0 Å². The Labute approximate surface area is 139 Å². The number of unbranched alkanes of at least 4 members (excludes halogenated alkanes) is 9. The Morgan fingerprint density at radius 3 is 2.35 bits per heavy atom. The van der Waals surface area contributed by atoms with Crippen LogP contribution in [0.5, 0.6) is 0 Å². The van der Waals surface area contributed by atoms with Crippen LogP contribution >= 0.6 is 0 Å². The summed E-state index contributed by atoms with van der Waals surface area (Å²) in [6.45, 7) is 4.10. The van der Waals surface area contributed by atoms with Crippen LogP contribution in [0.1, 0.15) is 77.0 Å². The van der Waals surface area contributed by atoms with Gasteiger partial charge in [0.2, 0.25) is 0 Å². The molecule has 2 rings (SSSR count). The van der Waals surface area contributed by atoms with Crippen molar-refractivity contribution in [3.63, 3.8) is 0 Å². The topological polar surface area (TPSA) is 66.5 Å². The Hall–Kier alpha value is -1.49. The van der Waals surface area contributed by atoms with Gasteiger partial charge in [0.15, 0.2) is 5.65 Å². The van der Waals surface area contributed by atoms with E-state index in [1.54, 1.807) is 6.20 Å². The first-order chi connectivity index (χ1) is 11.4. The van der Waals surface area contributed by atoms with Gasteiger partial charge in [0.05, 0.1) is 12.7 Å². The van der Waals surface area contributed by atoms with E-state index in [9.17, 15) is 0 Å². The lowest BCUT2D eigenvalue weighted by atomic mass is 10.1. The van der Waals surface area contributed by atoms with Gasteiger partial charge in [-0.3, -0.25) is 0 Å². The summed E-state index contributed by atoms with van der Waals surface area (Å²) in [7, 11) is 0. The monoisotopic (exact) mass is 317 g/mol. The molecule has 23 heavy (non-hydrogen) atoms. The van der Waals surface area contributed by atoms with Gasteiger partial charge < -0.3 is 10.3 Å². The smallest absolute Gasteiger partial charge is 0.180 e. The molecule has 0 fully saturated rings. The lowest BCUT2D eigenvalue weighted by molar-refractivity contribution is 0.541. The molecule has 128 valence electrons. The third kappa shape index (κ3) is 7.08. The van der Waals surface area contributed by atoms with E-state index in [0.717, 1.165) is 30.1 Å². The first-order valence-corrected chi connectivity index (χ1v) is 9.25. The average Bonchev–Trinajstić information content (AvgIpc) is 2.98. The SMILES string of the molecule is CCCCCCCCCCCCNCc1nc2ncncc2[nH]1. The number of H-pyrrole nitrogens is 1. The molecule has 0 amide bonds. The highest BCUT2D eigenvalue weighted by atomic mass is 15.0. The zero-order valence-electron chi connectivity index (χ0n) is 14.5. The quantitative estimate of drug-likeness (QED) is 0.539. The molecule has 5 nitrogen and oxygen atoms in total. The molecule has 5 heteroatoms. The van der Waals surface area contributed by atoms with Gasteiger partial charge in [-0.15, -0.1) is 0 Å². The second-order valence-electron chi connectivity index (χ2n) is 6.30. The van der Waals surface area contributed by atoms with Crippen LogP contribution in [0.2, 0.25) is 0 Å². The van der Waals surface area contributed by atoms with E-state index in [1.807, 2.05) is 0 Å². The summed E-state index contributed by atoms with van der Waals surface area (Å²) in [5, 5.41) is 3.45. The van der Waals surface area contributed by atoms with Gasteiger partial charge in [-0.05, 0) is 13.0 Å². The zero-order valence-corrected chi connectivity index (χ0v) is 14.5. The molecule has 2 N–H and O–H groups in total. The first-order valence-electron chi connectivity index (χ1n) is 9.25. The molecule has 0 atom stereocenters. The van der Waals surface area contributed by atoms with E-state index in [1.165, 1.54) is 70.5 Å². The average molecular weight is 317 g/mol.